The van der Waals surface area contributed by atoms with Gasteiger partial charge in [0.2, 0.25) is 15.9 Å². The number of aryl methyl sites for hydroxylation is 1. The summed E-state index contributed by atoms with van der Waals surface area (Å²) in [5.41, 5.74) is 3.34. The normalized spacial score (nSPS) is 19.6. The van der Waals surface area contributed by atoms with Crippen molar-refractivity contribution in [3.63, 3.8) is 0 Å². The van der Waals surface area contributed by atoms with Crippen LogP contribution in [0.25, 0.3) is 6.08 Å². The summed E-state index contributed by atoms with van der Waals surface area (Å²) in [6.07, 6.45) is 3.96. The SMILES string of the molecule is Cl.O=C1[C@@H](NS(=O)(=O)C=Cc2ccc(Cl)s2)CCN1c1ccc2c(c1)CCCNC2. The van der Waals surface area contributed by atoms with E-state index in [1.54, 1.807) is 17.0 Å². The zero-order chi connectivity index (χ0) is 20.4. The number of carbonyl (C=O) groups excluding carboxylic acids is 1. The molecule has 2 aromatic rings. The Morgan fingerprint density at radius 2 is 2.07 bits per heavy atom. The van der Waals surface area contributed by atoms with E-state index in [0.29, 0.717) is 17.3 Å². The van der Waals surface area contributed by atoms with Crippen LogP contribution in [0.4, 0.5) is 5.69 Å². The number of amides is 1. The highest BCUT2D eigenvalue weighted by Gasteiger charge is 2.35. The molecule has 2 aliphatic rings. The molecule has 1 aromatic carbocycles. The third-order valence-corrected chi connectivity index (χ3v) is 7.44. The van der Waals surface area contributed by atoms with Gasteiger partial charge in [-0.15, -0.1) is 23.7 Å². The molecule has 3 heterocycles. The maximum absolute atomic E-state index is 12.8. The van der Waals surface area contributed by atoms with Gasteiger partial charge in [-0.1, -0.05) is 17.7 Å². The molecule has 30 heavy (non-hydrogen) atoms. The van der Waals surface area contributed by atoms with Crippen molar-refractivity contribution in [2.45, 2.75) is 31.8 Å². The Morgan fingerprint density at radius 3 is 2.83 bits per heavy atom. The molecule has 0 spiro atoms. The van der Waals surface area contributed by atoms with Crippen molar-refractivity contribution in [1.82, 2.24) is 10.0 Å². The van der Waals surface area contributed by atoms with Crippen LogP contribution >= 0.6 is 35.3 Å². The highest BCUT2D eigenvalue weighted by atomic mass is 35.5. The van der Waals surface area contributed by atoms with Gasteiger partial charge in [-0.05, 0) is 67.3 Å². The van der Waals surface area contributed by atoms with Gasteiger partial charge in [-0.25, -0.2) is 8.42 Å². The van der Waals surface area contributed by atoms with Gasteiger partial charge in [0, 0.05) is 29.1 Å². The quantitative estimate of drug-likeness (QED) is 0.675. The molecule has 0 radical (unpaired) electrons. The average molecular weight is 488 g/mol. The third kappa shape index (κ3) is 5.43. The van der Waals surface area contributed by atoms with Crippen molar-refractivity contribution in [2.24, 2.45) is 0 Å². The summed E-state index contributed by atoms with van der Waals surface area (Å²) >= 11 is 7.15. The van der Waals surface area contributed by atoms with E-state index in [9.17, 15) is 13.2 Å². The molecule has 0 unspecified atom stereocenters. The fourth-order valence-electron chi connectivity index (χ4n) is 3.67. The Hall–Kier alpha value is -1.42. The van der Waals surface area contributed by atoms with Gasteiger partial charge in [-0.3, -0.25) is 4.79 Å². The van der Waals surface area contributed by atoms with E-state index in [1.807, 2.05) is 6.07 Å². The minimum absolute atomic E-state index is 0. The second kappa shape index (κ2) is 9.80. The number of benzene rings is 1. The third-order valence-electron chi connectivity index (χ3n) is 5.13. The van der Waals surface area contributed by atoms with Crippen molar-refractivity contribution < 1.29 is 13.2 Å². The molecular weight excluding hydrogens is 465 g/mol. The van der Waals surface area contributed by atoms with E-state index in [2.05, 4.69) is 22.2 Å². The smallest absolute Gasteiger partial charge is 0.245 e. The second-order valence-electron chi connectivity index (χ2n) is 7.17. The highest BCUT2D eigenvalue weighted by Crippen LogP contribution is 2.27. The summed E-state index contributed by atoms with van der Waals surface area (Å²) in [5.74, 6) is -0.215. The average Bonchev–Trinajstić information content (AvgIpc) is 3.17. The number of hydrogen-bond donors (Lipinski definition) is 2. The number of hydrogen-bond acceptors (Lipinski definition) is 5. The molecule has 1 amide bonds. The van der Waals surface area contributed by atoms with Crippen LogP contribution < -0.4 is 14.9 Å². The number of halogens is 2. The fraction of sp³-hybridized carbons (Fsp3) is 0.350. The molecule has 4 rings (SSSR count). The molecule has 6 nitrogen and oxygen atoms in total. The lowest BCUT2D eigenvalue weighted by Crippen LogP contribution is -2.40. The van der Waals surface area contributed by atoms with Gasteiger partial charge < -0.3 is 10.2 Å². The van der Waals surface area contributed by atoms with Gasteiger partial charge in [0.05, 0.1) is 4.34 Å². The molecule has 1 saturated heterocycles. The molecule has 2 N–H and O–H groups in total. The number of thiophene rings is 1. The predicted octanol–water partition coefficient (Wildman–Crippen LogP) is 3.55. The lowest BCUT2D eigenvalue weighted by Gasteiger charge is -2.19. The van der Waals surface area contributed by atoms with Gasteiger partial charge in [0.1, 0.15) is 6.04 Å². The van der Waals surface area contributed by atoms with Crippen molar-refractivity contribution in [2.75, 3.05) is 18.0 Å². The first-order valence-corrected chi connectivity index (χ1v) is 12.2. The summed E-state index contributed by atoms with van der Waals surface area (Å²) < 4.78 is 27.9. The number of carbonyl (C=O) groups is 1. The number of fused-ring (bicyclic) bond motifs is 1. The minimum Gasteiger partial charge on any atom is -0.313 e. The summed E-state index contributed by atoms with van der Waals surface area (Å²) in [5, 5.41) is 4.47. The van der Waals surface area contributed by atoms with Gasteiger partial charge in [0.25, 0.3) is 0 Å². The molecule has 1 atom stereocenters. The van der Waals surface area contributed by atoms with Crippen LogP contribution in [0, 0.1) is 0 Å². The van der Waals surface area contributed by atoms with Crippen LogP contribution in [0.2, 0.25) is 4.34 Å². The summed E-state index contributed by atoms with van der Waals surface area (Å²) in [6.45, 7) is 2.32. The summed E-state index contributed by atoms with van der Waals surface area (Å²) in [7, 11) is -3.73. The van der Waals surface area contributed by atoms with E-state index in [1.165, 1.54) is 28.5 Å². The summed E-state index contributed by atoms with van der Waals surface area (Å²) in [4.78, 5) is 15.3. The van der Waals surface area contributed by atoms with Crippen molar-refractivity contribution in [1.29, 1.82) is 0 Å². The Morgan fingerprint density at radius 1 is 1.23 bits per heavy atom. The maximum Gasteiger partial charge on any atom is 0.245 e. The first kappa shape index (κ1) is 23.2. The minimum atomic E-state index is -3.73. The highest BCUT2D eigenvalue weighted by molar-refractivity contribution is 7.92. The van der Waals surface area contributed by atoms with Crippen LogP contribution in [-0.2, 0) is 27.8 Å². The molecule has 0 saturated carbocycles. The number of rotatable bonds is 5. The molecule has 0 aliphatic carbocycles. The number of sulfonamides is 1. The predicted molar refractivity (Wildman–Crippen MR) is 125 cm³/mol. The molecule has 162 valence electrons. The van der Waals surface area contributed by atoms with E-state index in [4.69, 9.17) is 11.6 Å². The van der Waals surface area contributed by atoms with E-state index in [-0.39, 0.29) is 18.3 Å². The molecule has 2 aliphatic heterocycles. The lowest BCUT2D eigenvalue weighted by atomic mass is 10.0. The first-order valence-electron chi connectivity index (χ1n) is 9.51. The summed E-state index contributed by atoms with van der Waals surface area (Å²) in [6, 6.07) is 8.77. The molecule has 0 bridgehead atoms. The monoisotopic (exact) mass is 487 g/mol. The van der Waals surface area contributed by atoms with Crippen LogP contribution in [-0.4, -0.2) is 33.5 Å². The van der Waals surface area contributed by atoms with Gasteiger partial charge >= 0.3 is 0 Å². The van der Waals surface area contributed by atoms with Crippen molar-refractivity contribution >= 4 is 63.0 Å². The largest absolute Gasteiger partial charge is 0.313 e. The van der Waals surface area contributed by atoms with Crippen LogP contribution in [0.15, 0.2) is 35.7 Å². The van der Waals surface area contributed by atoms with Crippen LogP contribution in [0.3, 0.4) is 0 Å². The standard InChI is InChI=1S/C20H22ClN3O3S2.ClH/c21-19-6-5-17(28-19)8-11-29(26,27)23-18-7-10-24(20(18)25)16-4-3-15-13-22-9-1-2-14(15)12-16;/h3-6,8,11-12,18,22-23H,1-2,7,9-10,13H2;1H/t18-;/m0./s1. The van der Waals surface area contributed by atoms with Gasteiger partial charge in [0.15, 0.2) is 0 Å². The zero-order valence-electron chi connectivity index (χ0n) is 16.1. The molecule has 1 fully saturated rings. The van der Waals surface area contributed by atoms with E-state index < -0.39 is 16.1 Å². The number of nitrogens with zero attached hydrogens (tertiary/aromatic N) is 1. The van der Waals surface area contributed by atoms with E-state index >= 15 is 0 Å². The second-order valence-corrected chi connectivity index (χ2v) is 10.5. The lowest BCUT2D eigenvalue weighted by molar-refractivity contribution is -0.118. The molecular formula is C20H23Cl2N3O3S2. The Bertz CT molecular complexity index is 1050. The zero-order valence-corrected chi connectivity index (χ0v) is 19.3. The fourth-order valence-corrected chi connectivity index (χ4v) is 5.74. The van der Waals surface area contributed by atoms with Crippen molar-refractivity contribution in [3.8, 4) is 0 Å². The van der Waals surface area contributed by atoms with Gasteiger partial charge in [-0.2, -0.15) is 4.72 Å². The van der Waals surface area contributed by atoms with Crippen LogP contribution in [0.5, 0.6) is 0 Å². The molecule has 10 heteroatoms. The number of anilines is 1. The van der Waals surface area contributed by atoms with Crippen molar-refractivity contribution in [3.05, 3.63) is 56.1 Å². The Kier molecular flexibility index (Phi) is 7.60. The van der Waals surface area contributed by atoms with Crippen LogP contribution in [0.1, 0.15) is 28.8 Å². The topological polar surface area (TPSA) is 78.5 Å². The van der Waals surface area contributed by atoms with E-state index in [0.717, 1.165) is 41.9 Å². The molecule has 1 aromatic heterocycles. The number of nitrogens with one attached hydrogen (secondary N) is 2. The maximum atomic E-state index is 12.8. The Labute approximate surface area is 191 Å². The Balaban J connectivity index is 0.00000256. The first-order chi connectivity index (χ1) is 13.9.